The fourth-order valence-electron chi connectivity index (χ4n) is 5.91. The van der Waals surface area contributed by atoms with Gasteiger partial charge in [0.05, 0.1) is 36.3 Å². The van der Waals surface area contributed by atoms with Crippen molar-refractivity contribution in [1.82, 2.24) is 9.88 Å². The largest absolute Gasteiger partial charge is 0.493 e. The van der Waals surface area contributed by atoms with Gasteiger partial charge in [0.2, 0.25) is 5.91 Å². The lowest BCUT2D eigenvalue weighted by Gasteiger charge is -2.33. The molecule has 2 unspecified atom stereocenters. The maximum Gasteiger partial charge on any atom is 0.490 e. The molecule has 53 heavy (non-hydrogen) atoms. The van der Waals surface area contributed by atoms with Crippen LogP contribution in [-0.4, -0.2) is 78.6 Å². The Balaban J connectivity index is 0.000000815. The molecule has 1 aliphatic heterocycles. The number of nitrogen functional groups attached to an aromatic ring is 1. The second-order valence-corrected chi connectivity index (χ2v) is 14.6. The van der Waals surface area contributed by atoms with Crippen molar-refractivity contribution in [2.75, 3.05) is 31.8 Å². The van der Waals surface area contributed by atoms with Crippen LogP contribution < -0.4 is 20.5 Å². The highest BCUT2D eigenvalue weighted by molar-refractivity contribution is 7.92. The van der Waals surface area contributed by atoms with Crippen LogP contribution in [0.15, 0.2) is 71.8 Å². The van der Waals surface area contributed by atoms with Crippen molar-refractivity contribution in [3.63, 3.8) is 0 Å². The number of benzene rings is 3. The molecule has 4 aromatic rings. The van der Waals surface area contributed by atoms with E-state index in [1.54, 1.807) is 42.6 Å². The zero-order valence-corrected chi connectivity index (χ0v) is 29.5. The van der Waals surface area contributed by atoms with Crippen LogP contribution in [-0.2, 0) is 24.2 Å². The average molecular weight is 765 g/mol. The minimum Gasteiger partial charge on any atom is -0.493 e. The van der Waals surface area contributed by atoms with Crippen molar-refractivity contribution < 1.29 is 60.0 Å². The number of anilines is 2. The van der Waals surface area contributed by atoms with E-state index in [1.165, 1.54) is 51.2 Å². The van der Waals surface area contributed by atoms with Crippen molar-refractivity contribution in [2.24, 2.45) is 5.92 Å². The molecule has 1 amide bonds. The van der Waals surface area contributed by atoms with Gasteiger partial charge in [-0.05, 0) is 67.6 Å². The van der Waals surface area contributed by atoms with Crippen LogP contribution in [0.25, 0.3) is 10.8 Å². The number of aliphatic carboxylic acids is 2. The highest BCUT2D eigenvalue weighted by Gasteiger charge is 2.46. The van der Waals surface area contributed by atoms with Crippen LogP contribution in [0.5, 0.6) is 11.5 Å². The number of ether oxygens (including phenoxy) is 2. The maximum absolute atomic E-state index is 15.8. The second-order valence-electron chi connectivity index (χ2n) is 12.1. The number of nitrogens with two attached hydrogens (primary N) is 1. The van der Waals surface area contributed by atoms with E-state index in [1.807, 2.05) is 0 Å². The molecule has 0 saturated carbocycles. The number of carbonyl (C=O) groups excluding carboxylic acids is 1. The Bertz CT molecular complexity index is 2130. The number of sulfone groups is 1. The van der Waals surface area contributed by atoms with Gasteiger partial charge in [-0.3, -0.25) is 9.59 Å². The first-order chi connectivity index (χ1) is 24.8. The minimum absolute atomic E-state index is 0.0104. The minimum atomic E-state index is -5.08. The van der Waals surface area contributed by atoms with Gasteiger partial charge in [0.1, 0.15) is 17.7 Å². The fraction of sp³-hybridized carbons (Fsp3) is 0.314. The van der Waals surface area contributed by atoms with Gasteiger partial charge in [-0.1, -0.05) is 18.2 Å². The molecular weight excluding hydrogens is 728 g/mol. The normalized spacial score (nSPS) is 16.4. The summed E-state index contributed by atoms with van der Waals surface area (Å²) in [7, 11) is -1.13. The van der Waals surface area contributed by atoms with Crippen molar-refractivity contribution in [3.05, 3.63) is 83.8 Å². The number of likely N-dealkylation sites (tertiary alicyclic amines) is 1. The van der Waals surface area contributed by atoms with Crippen molar-refractivity contribution in [3.8, 4) is 11.5 Å². The van der Waals surface area contributed by atoms with E-state index in [4.69, 9.17) is 25.1 Å². The summed E-state index contributed by atoms with van der Waals surface area (Å²) in [6, 6.07) is 12.9. The van der Waals surface area contributed by atoms with Gasteiger partial charge in [0.15, 0.2) is 21.3 Å². The molecule has 2 heterocycles. The number of nitrogens with zero attached hydrogens (tertiary/aromatic N) is 2. The lowest BCUT2D eigenvalue weighted by molar-refractivity contribution is -0.192. The van der Waals surface area contributed by atoms with Gasteiger partial charge in [-0.15, -0.1) is 0 Å². The molecule has 0 radical (unpaired) electrons. The number of hydrogen-bond acceptors (Lipinski definition) is 10. The molecule has 0 bridgehead atoms. The number of carboxylic acid groups (broad SMARTS) is 2. The quantitative estimate of drug-likeness (QED) is 0.146. The summed E-state index contributed by atoms with van der Waals surface area (Å²) in [6.07, 6.45) is -3.48. The van der Waals surface area contributed by atoms with Crippen LogP contribution >= 0.6 is 0 Å². The monoisotopic (exact) mass is 764 g/mol. The molecule has 1 fully saturated rings. The Morgan fingerprint density at radius 2 is 1.62 bits per heavy atom. The average Bonchev–Trinajstić information content (AvgIpc) is 3.56. The van der Waals surface area contributed by atoms with Crippen LogP contribution in [0.1, 0.15) is 43.5 Å². The predicted octanol–water partition coefficient (Wildman–Crippen LogP) is 5.62. The summed E-state index contributed by atoms with van der Waals surface area (Å²) in [4.78, 5) is 41.5. The molecule has 13 nitrogen and oxygen atoms in total. The number of carbonyl (C=O) groups is 3. The molecule has 3 atom stereocenters. The first kappa shape index (κ1) is 40.1. The number of alkyl halides is 3. The van der Waals surface area contributed by atoms with Gasteiger partial charge in [0, 0.05) is 35.4 Å². The molecule has 18 heteroatoms. The number of hydrogen-bond donors (Lipinski definition) is 4. The Labute approximate surface area is 301 Å². The van der Waals surface area contributed by atoms with Gasteiger partial charge in [0.25, 0.3) is 0 Å². The third-order valence-corrected chi connectivity index (χ3v) is 10.8. The standard InChI is InChI=1S/C33H35FN4O7S.C2HF3O2/c1-18(2)46(42,43)28-8-6-5-7-22(28)30-23(33(40)41)12-14-38(30)32(39)29(24-16-26(44-3)27(45-4)17-25(24)34)37-20-9-10-21-19(15-20)11-13-36-31(21)35;3-2(4,5)1(6)7/h5-11,13,15-18,23,29-30,37H,12,14H2,1-4H3,(H2,35,36)(H,40,41);(H,6,7)/t23?,29-,30?;/m1./s1. The third kappa shape index (κ3) is 8.54. The lowest BCUT2D eigenvalue weighted by Crippen LogP contribution is -2.40. The summed E-state index contributed by atoms with van der Waals surface area (Å²) in [5.41, 5.74) is 6.57. The molecule has 3 aromatic carbocycles. The van der Waals surface area contributed by atoms with Crippen LogP contribution in [0.2, 0.25) is 0 Å². The number of methoxy groups -OCH3 is 2. The highest BCUT2D eigenvalue weighted by atomic mass is 32.2. The zero-order chi connectivity index (χ0) is 39.4. The van der Waals surface area contributed by atoms with Gasteiger partial charge in [-0.25, -0.2) is 22.6 Å². The van der Waals surface area contributed by atoms with Crippen LogP contribution in [0.3, 0.4) is 0 Å². The summed E-state index contributed by atoms with van der Waals surface area (Å²) < 4.78 is 85.1. The summed E-state index contributed by atoms with van der Waals surface area (Å²) >= 11 is 0. The number of rotatable bonds is 10. The van der Waals surface area contributed by atoms with Crippen molar-refractivity contribution in [1.29, 1.82) is 0 Å². The van der Waals surface area contributed by atoms with Gasteiger partial charge >= 0.3 is 18.1 Å². The Hall–Kier alpha value is -5.65. The van der Waals surface area contributed by atoms with Crippen LogP contribution in [0, 0.1) is 11.7 Å². The van der Waals surface area contributed by atoms with E-state index in [0.717, 1.165) is 6.07 Å². The summed E-state index contributed by atoms with van der Waals surface area (Å²) in [5, 5.41) is 21.1. The first-order valence-corrected chi connectivity index (χ1v) is 17.4. The number of amides is 1. The van der Waals surface area contributed by atoms with Gasteiger partial charge in [-0.2, -0.15) is 13.2 Å². The number of fused-ring (bicyclic) bond motifs is 1. The molecule has 1 aromatic heterocycles. The van der Waals surface area contributed by atoms with E-state index >= 15 is 4.39 Å². The lowest BCUT2D eigenvalue weighted by atomic mass is 9.93. The zero-order valence-electron chi connectivity index (χ0n) is 28.7. The number of pyridine rings is 1. The number of aromatic nitrogens is 1. The molecule has 5 N–H and O–H groups in total. The van der Waals surface area contributed by atoms with Crippen LogP contribution in [0.4, 0.5) is 29.1 Å². The third-order valence-electron chi connectivity index (χ3n) is 8.57. The number of halogens is 4. The maximum atomic E-state index is 15.8. The van der Waals surface area contributed by atoms with Crippen molar-refractivity contribution >= 4 is 50.0 Å². The molecule has 5 rings (SSSR count). The van der Waals surface area contributed by atoms with Gasteiger partial charge < -0.3 is 35.6 Å². The van der Waals surface area contributed by atoms with E-state index in [2.05, 4.69) is 10.3 Å². The molecule has 284 valence electrons. The molecule has 1 aliphatic rings. The Kier molecular flexibility index (Phi) is 12.1. The SMILES string of the molecule is COc1cc(F)c([C@@H](Nc2ccc3c(N)nccc3c2)C(=O)N2CCC(C(=O)O)C2c2ccccc2S(=O)(=O)C(C)C)cc1OC.O=C(O)C(F)(F)F. The smallest absolute Gasteiger partial charge is 0.490 e. The first-order valence-electron chi connectivity index (χ1n) is 15.8. The Morgan fingerprint density at radius 3 is 2.21 bits per heavy atom. The van der Waals surface area contributed by atoms with E-state index in [-0.39, 0.29) is 40.5 Å². The van der Waals surface area contributed by atoms with E-state index in [9.17, 15) is 36.3 Å². The van der Waals surface area contributed by atoms with E-state index in [0.29, 0.717) is 22.3 Å². The van der Waals surface area contributed by atoms with Crippen molar-refractivity contribution in [2.45, 2.75) is 48.7 Å². The fourth-order valence-corrected chi connectivity index (χ4v) is 7.20. The summed E-state index contributed by atoms with van der Waals surface area (Å²) in [5.74, 6) is -5.88. The molecule has 1 saturated heterocycles. The summed E-state index contributed by atoms with van der Waals surface area (Å²) in [6.45, 7) is 3.06. The number of nitrogens with one attached hydrogen (secondary N) is 1. The van der Waals surface area contributed by atoms with E-state index < -0.39 is 62.9 Å². The topological polar surface area (TPSA) is 198 Å². The highest BCUT2D eigenvalue weighted by Crippen LogP contribution is 2.43. The number of carboxylic acids is 2. The molecular formula is C35H36F4N4O9S. The molecule has 0 spiro atoms. The second kappa shape index (κ2) is 15.9. The molecule has 0 aliphatic carbocycles. The predicted molar refractivity (Wildman–Crippen MR) is 185 cm³/mol. The Morgan fingerprint density at radius 1 is 1.00 bits per heavy atom.